The zero-order chi connectivity index (χ0) is 26.2. The van der Waals surface area contributed by atoms with E-state index in [9.17, 15) is 9.59 Å². The van der Waals surface area contributed by atoms with Crippen molar-refractivity contribution in [2.75, 3.05) is 7.11 Å². The number of ether oxygens (including phenoxy) is 1. The molecule has 7 rings (SSSR count). The Bertz CT molecular complexity index is 1750. The van der Waals surface area contributed by atoms with Gasteiger partial charge >= 0.3 is 5.97 Å². The van der Waals surface area contributed by atoms with Crippen LogP contribution in [0.1, 0.15) is 52.2 Å². The van der Waals surface area contributed by atoms with Gasteiger partial charge in [-0.2, -0.15) is 0 Å². The summed E-state index contributed by atoms with van der Waals surface area (Å²) >= 11 is 0. The number of aryl methyl sites for hydroxylation is 1. The minimum atomic E-state index is -1.13. The molecule has 0 saturated carbocycles. The fourth-order valence-corrected chi connectivity index (χ4v) is 7.13. The van der Waals surface area contributed by atoms with Gasteiger partial charge < -0.3 is 13.7 Å². The number of Topliss-reactive ketones (excluding diaryl/α,β-unsaturated/α-hetero) is 1. The zero-order valence-electron chi connectivity index (χ0n) is 21.6. The molecule has 0 aliphatic carbocycles. The SMILES string of the molecule is COC(=O)[C@@]12Cc3ccccc3[C@@](C)(N1)c1c(n(C)c3ccccc13)[C@H]2CC(=O)c1cc2ccccc2o1. The quantitative estimate of drug-likeness (QED) is 0.254. The Morgan fingerprint density at radius 2 is 1.79 bits per heavy atom. The Kier molecular flexibility index (Phi) is 4.79. The van der Waals surface area contributed by atoms with Crippen molar-refractivity contribution in [3.8, 4) is 0 Å². The monoisotopic (exact) mass is 504 g/mol. The van der Waals surface area contributed by atoms with Crippen molar-refractivity contribution in [2.24, 2.45) is 7.05 Å². The van der Waals surface area contributed by atoms with E-state index in [0.717, 1.165) is 38.7 Å². The van der Waals surface area contributed by atoms with Gasteiger partial charge in [-0.1, -0.05) is 60.7 Å². The summed E-state index contributed by atoms with van der Waals surface area (Å²) in [5.74, 6) is -0.688. The minimum Gasteiger partial charge on any atom is -0.468 e. The van der Waals surface area contributed by atoms with Crippen molar-refractivity contribution >= 4 is 33.6 Å². The molecule has 38 heavy (non-hydrogen) atoms. The fraction of sp³-hybridized carbons (Fsp3) is 0.250. The summed E-state index contributed by atoms with van der Waals surface area (Å²) in [4.78, 5) is 27.7. The maximum atomic E-state index is 13.9. The molecule has 2 aromatic heterocycles. The van der Waals surface area contributed by atoms with E-state index in [1.54, 1.807) is 6.07 Å². The van der Waals surface area contributed by atoms with E-state index in [1.807, 2.05) is 55.6 Å². The molecule has 2 bridgehead atoms. The molecule has 0 amide bonds. The molecule has 3 aromatic carbocycles. The van der Waals surface area contributed by atoms with Crippen LogP contribution in [-0.2, 0) is 28.5 Å². The third-order valence-corrected chi connectivity index (χ3v) is 8.72. The number of aromatic nitrogens is 1. The number of hydrogen-bond donors (Lipinski definition) is 1. The largest absolute Gasteiger partial charge is 0.468 e. The van der Waals surface area contributed by atoms with E-state index in [-0.39, 0.29) is 18.2 Å². The summed E-state index contributed by atoms with van der Waals surface area (Å²) in [5.41, 5.74) is 4.25. The highest BCUT2D eigenvalue weighted by Gasteiger charge is 2.61. The number of esters is 1. The van der Waals surface area contributed by atoms with E-state index in [2.05, 4.69) is 41.1 Å². The van der Waals surface area contributed by atoms with Crippen molar-refractivity contribution < 1.29 is 18.7 Å². The first kappa shape index (κ1) is 23.0. The smallest absolute Gasteiger partial charge is 0.327 e. The van der Waals surface area contributed by atoms with E-state index >= 15 is 0 Å². The molecule has 4 heterocycles. The lowest BCUT2D eigenvalue weighted by atomic mass is 9.60. The second-order valence-electron chi connectivity index (χ2n) is 10.7. The van der Waals surface area contributed by atoms with E-state index in [1.165, 1.54) is 7.11 Å². The van der Waals surface area contributed by atoms with Crippen LogP contribution in [0.25, 0.3) is 21.9 Å². The van der Waals surface area contributed by atoms with Gasteiger partial charge in [0, 0.05) is 53.4 Å². The zero-order valence-corrected chi connectivity index (χ0v) is 21.6. The summed E-state index contributed by atoms with van der Waals surface area (Å²) in [5, 5.41) is 5.76. The molecule has 5 aromatic rings. The normalized spacial score (nSPS) is 23.7. The van der Waals surface area contributed by atoms with Crippen LogP contribution in [0, 0.1) is 0 Å². The third-order valence-electron chi connectivity index (χ3n) is 8.72. The maximum Gasteiger partial charge on any atom is 0.327 e. The van der Waals surface area contributed by atoms with Crippen LogP contribution in [0.15, 0.2) is 83.3 Å². The highest BCUT2D eigenvalue weighted by atomic mass is 16.5. The molecule has 2 aliphatic heterocycles. The summed E-state index contributed by atoms with van der Waals surface area (Å²) in [6.45, 7) is 2.14. The number of carbonyl (C=O) groups excluding carboxylic acids is 2. The molecule has 0 radical (unpaired) electrons. The molecular formula is C32H28N2O4. The van der Waals surface area contributed by atoms with Crippen molar-refractivity contribution in [2.45, 2.75) is 36.8 Å². The molecule has 0 saturated heterocycles. The third kappa shape index (κ3) is 2.92. The lowest BCUT2D eigenvalue weighted by molar-refractivity contribution is -0.152. The van der Waals surface area contributed by atoms with Crippen molar-refractivity contribution in [3.63, 3.8) is 0 Å². The minimum absolute atomic E-state index is 0.0946. The predicted octanol–water partition coefficient (Wildman–Crippen LogP) is 5.62. The van der Waals surface area contributed by atoms with Crippen LogP contribution in [0.2, 0.25) is 0 Å². The number of furan rings is 1. The van der Waals surface area contributed by atoms with Gasteiger partial charge in [0.15, 0.2) is 11.5 Å². The number of nitrogens with one attached hydrogen (secondary N) is 1. The summed E-state index contributed by atoms with van der Waals surface area (Å²) in [7, 11) is 3.45. The van der Waals surface area contributed by atoms with Crippen LogP contribution in [-0.4, -0.2) is 29.0 Å². The van der Waals surface area contributed by atoms with Gasteiger partial charge in [-0.15, -0.1) is 0 Å². The molecule has 6 heteroatoms. The summed E-state index contributed by atoms with van der Waals surface area (Å²) < 4.78 is 13.6. The molecule has 1 N–H and O–H groups in total. The van der Waals surface area contributed by atoms with Crippen molar-refractivity contribution in [1.82, 2.24) is 9.88 Å². The van der Waals surface area contributed by atoms with Crippen molar-refractivity contribution in [3.05, 3.63) is 107 Å². The van der Waals surface area contributed by atoms with Gasteiger partial charge in [-0.25, -0.2) is 0 Å². The van der Waals surface area contributed by atoms with Gasteiger partial charge in [-0.3, -0.25) is 14.9 Å². The highest BCUT2D eigenvalue weighted by molar-refractivity contribution is 6.00. The second kappa shape index (κ2) is 7.92. The van der Waals surface area contributed by atoms with Gasteiger partial charge in [0.25, 0.3) is 0 Å². The number of methoxy groups -OCH3 is 1. The Morgan fingerprint density at radius 1 is 1.05 bits per heavy atom. The average molecular weight is 505 g/mol. The number of fused-ring (bicyclic) bond motifs is 9. The van der Waals surface area contributed by atoms with Crippen molar-refractivity contribution in [1.29, 1.82) is 0 Å². The number of carbonyl (C=O) groups is 2. The van der Waals surface area contributed by atoms with Crippen LogP contribution >= 0.6 is 0 Å². The summed E-state index contributed by atoms with van der Waals surface area (Å²) in [6, 6.07) is 25.9. The number of ketones is 1. The van der Waals surface area contributed by atoms with E-state index < -0.39 is 17.0 Å². The Labute approximate surface area is 220 Å². The standard InChI is InChI=1S/C32H28N2O4/c1-31-22-13-7-4-11-20(22)18-32(33-31,30(36)37-3)23(29-28(31)21-12-6-8-14-24(21)34(29)2)17-25(35)27-16-19-10-5-9-15-26(19)38-27/h4-16,23,33H,17-18H2,1-3H3/t23-,31-,32+/m1/s1. The second-order valence-corrected chi connectivity index (χ2v) is 10.7. The van der Waals surface area contributed by atoms with Crippen LogP contribution in [0.4, 0.5) is 0 Å². The first-order chi connectivity index (χ1) is 18.4. The van der Waals surface area contributed by atoms with Gasteiger partial charge in [0.2, 0.25) is 0 Å². The molecule has 0 fully saturated rings. The van der Waals surface area contributed by atoms with Crippen LogP contribution < -0.4 is 5.32 Å². The molecule has 0 spiro atoms. The lowest BCUT2D eigenvalue weighted by Crippen LogP contribution is -2.70. The number of nitrogens with zero attached hydrogens (tertiary/aromatic N) is 1. The lowest BCUT2D eigenvalue weighted by Gasteiger charge is -2.55. The molecule has 6 nitrogen and oxygen atoms in total. The number of benzene rings is 3. The molecular weight excluding hydrogens is 476 g/mol. The van der Waals surface area contributed by atoms with E-state index in [4.69, 9.17) is 9.15 Å². The van der Waals surface area contributed by atoms with Gasteiger partial charge in [-0.05, 0) is 36.2 Å². The number of hydrogen-bond acceptors (Lipinski definition) is 5. The molecule has 3 atom stereocenters. The average Bonchev–Trinajstić information content (AvgIpc) is 3.50. The fourth-order valence-electron chi connectivity index (χ4n) is 7.13. The first-order valence-electron chi connectivity index (χ1n) is 12.9. The van der Waals surface area contributed by atoms with Crippen LogP contribution in [0.3, 0.4) is 0 Å². The Hall–Kier alpha value is -4.16. The topological polar surface area (TPSA) is 73.5 Å². The first-order valence-corrected chi connectivity index (χ1v) is 12.9. The number of para-hydroxylation sites is 2. The van der Waals surface area contributed by atoms with E-state index in [0.29, 0.717) is 17.8 Å². The molecule has 0 unspecified atom stereocenters. The maximum absolute atomic E-state index is 13.9. The molecule has 2 aliphatic rings. The van der Waals surface area contributed by atoms with Gasteiger partial charge in [0.1, 0.15) is 11.1 Å². The number of rotatable bonds is 4. The Balaban J connectivity index is 1.49. The molecule has 190 valence electrons. The summed E-state index contributed by atoms with van der Waals surface area (Å²) in [6.07, 6.45) is 0.516. The van der Waals surface area contributed by atoms with Gasteiger partial charge in [0.05, 0.1) is 12.6 Å². The van der Waals surface area contributed by atoms with Crippen LogP contribution in [0.5, 0.6) is 0 Å². The predicted molar refractivity (Wildman–Crippen MR) is 145 cm³/mol. The Morgan fingerprint density at radius 3 is 2.61 bits per heavy atom. The highest BCUT2D eigenvalue weighted by Crippen LogP contribution is 2.55.